The predicted octanol–water partition coefficient (Wildman–Crippen LogP) is 4.43. The molecule has 0 spiro atoms. The molecular weight excluding hydrogens is 267 g/mol. The van der Waals surface area contributed by atoms with Crippen molar-refractivity contribution in [2.24, 2.45) is 5.41 Å². The maximum Gasteiger partial charge on any atom is 0.573 e. The zero-order valence-electron chi connectivity index (χ0n) is 11.8. The van der Waals surface area contributed by atoms with Crippen LogP contribution in [0, 0.1) is 5.41 Å². The zero-order valence-corrected chi connectivity index (χ0v) is 11.8. The summed E-state index contributed by atoms with van der Waals surface area (Å²) in [6.07, 6.45) is -0.392. The van der Waals surface area contributed by atoms with E-state index in [4.69, 9.17) is 0 Å². The standard InChI is InChI=1S/C15H20F3NO/c1-14(9-5-6-10-14)13(19-2)11-7-3-4-8-12(11)20-15(16,17)18/h3-4,7-8,13,19H,5-6,9-10H2,1-2H3. The van der Waals surface area contributed by atoms with Gasteiger partial charge < -0.3 is 10.1 Å². The number of benzene rings is 1. The van der Waals surface area contributed by atoms with Crippen molar-refractivity contribution in [1.82, 2.24) is 5.32 Å². The van der Waals surface area contributed by atoms with Gasteiger partial charge in [-0.05, 0) is 31.4 Å². The third-order valence-electron chi connectivity index (χ3n) is 4.19. The minimum Gasteiger partial charge on any atom is -0.405 e. The summed E-state index contributed by atoms with van der Waals surface area (Å²) in [7, 11) is 1.79. The number of halogens is 3. The van der Waals surface area contributed by atoms with Crippen molar-refractivity contribution in [3.63, 3.8) is 0 Å². The van der Waals surface area contributed by atoms with Crippen LogP contribution < -0.4 is 10.1 Å². The first-order valence-corrected chi connectivity index (χ1v) is 6.88. The quantitative estimate of drug-likeness (QED) is 0.884. The third kappa shape index (κ3) is 3.26. The van der Waals surface area contributed by atoms with Gasteiger partial charge in [0.2, 0.25) is 0 Å². The number of para-hydroxylation sites is 1. The summed E-state index contributed by atoms with van der Waals surface area (Å²) in [5.41, 5.74) is 0.552. The topological polar surface area (TPSA) is 21.3 Å². The average Bonchev–Trinajstić information content (AvgIpc) is 2.78. The van der Waals surface area contributed by atoms with Crippen molar-refractivity contribution >= 4 is 0 Å². The van der Waals surface area contributed by atoms with Gasteiger partial charge in [-0.15, -0.1) is 13.2 Å². The van der Waals surface area contributed by atoms with Gasteiger partial charge in [0.05, 0.1) is 0 Å². The molecule has 1 aromatic carbocycles. The molecule has 1 saturated carbocycles. The Kier molecular flexibility index (Phi) is 4.28. The fourth-order valence-corrected chi connectivity index (χ4v) is 3.29. The molecule has 1 unspecified atom stereocenters. The summed E-state index contributed by atoms with van der Waals surface area (Å²) in [6.45, 7) is 2.13. The van der Waals surface area contributed by atoms with E-state index >= 15 is 0 Å². The first kappa shape index (κ1) is 15.2. The first-order chi connectivity index (χ1) is 9.36. The van der Waals surface area contributed by atoms with Crippen LogP contribution >= 0.6 is 0 Å². The van der Waals surface area contributed by atoms with Crippen molar-refractivity contribution in [3.05, 3.63) is 29.8 Å². The molecule has 0 radical (unpaired) electrons. The van der Waals surface area contributed by atoms with E-state index in [-0.39, 0.29) is 17.2 Å². The molecule has 20 heavy (non-hydrogen) atoms. The van der Waals surface area contributed by atoms with Crippen LogP contribution in [0.15, 0.2) is 24.3 Å². The largest absolute Gasteiger partial charge is 0.573 e. The molecule has 0 heterocycles. The minimum atomic E-state index is -4.66. The van der Waals surface area contributed by atoms with E-state index in [1.807, 2.05) is 0 Å². The molecular formula is C15H20F3NO. The summed E-state index contributed by atoms with van der Waals surface area (Å²) in [5, 5.41) is 3.18. The summed E-state index contributed by atoms with van der Waals surface area (Å²) in [5.74, 6) is -0.104. The Morgan fingerprint density at radius 3 is 2.35 bits per heavy atom. The zero-order chi connectivity index (χ0) is 14.8. The number of hydrogen-bond donors (Lipinski definition) is 1. The highest BCUT2D eigenvalue weighted by Crippen LogP contribution is 2.49. The van der Waals surface area contributed by atoms with Gasteiger partial charge in [-0.1, -0.05) is 38.0 Å². The van der Waals surface area contributed by atoms with E-state index in [0.717, 1.165) is 25.7 Å². The highest BCUT2D eigenvalue weighted by Gasteiger charge is 2.40. The Labute approximate surface area is 117 Å². The maximum atomic E-state index is 12.5. The van der Waals surface area contributed by atoms with Crippen LogP contribution in [0.25, 0.3) is 0 Å². The van der Waals surface area contributed by atoms with Crippen LogP contribution in [-0.4, -0.2) is 13.4 Å². The van der Waals surface area contributed by atoms with Crippen LogP contribution in [0.5, 0.6) is 5.75 Å². The van der Waals surface area contributed by atoms with E-state index in [0.29, 0.717) is 5.56 Å². The SMILES string of the molecule is CNC(c1ccccc1OC(F)(F)F)C1(C)CCCC1. The molecule has 1 atom stereocenters. The molecule has 1 N–H and O–H groups in total. The van der Waals surface area contributed by atoms with Gasteiger partial charge in [-0.25, -0.2) is 0 Å². The summed E-state index contributed by atoms with van der Waals surface area (Å²) in [6, 6.07) is 6.27. The highest BCUT2D eigenvalue weighted by atomic mass is 19.4. The van der Waals surface area contributed by atoms with Gasteiger partial charge in [0.15, 0.2) is 0 Å². The Balaban J connectivity index is 2.34. The lowest BCUT2D eigenvalue weighted by Crippen LogP contribution is -2.33. The van der Waals surface area contributed by atoms with Crippen molar-refractivity contribution in [1.29, 1.82) is 0 Å². The second-order valence-corrected chi connectivity index (χ2v) is 5.67. The molecule has 0 saturated heterocycles. The Hall–Kier alpha value is -1.23. The Bertz CT molecular complexity index is 453. The average molecular weight is 287 g/mol. The molecule has 112 valence electrons. The number of rotatable bonds is 4. The molecule has 0 amide bonds. The van der Waals surface area contributed by atoms with Crippen LogP contribution in [0.4, 0.5) is 13.2 Å². The van der Waals surface area contributed by atoms with E-state index in [9.17, 15) is 13.2 Å². The lowest BCUT2D eigenvalue weighted by molar-refractivity contribution is -0.275. The summed E-state index contributed by atoms with van der Waals surface area (Å²) < 4.78 is 41.7. The molecule has 2 nitrogen and oxygen atoms in total. The van der Waals surface area contributed by atoms with Gasteiger partial charge in [0, 0.05) is 11.6 Å². The Morgan fingerprint density at radius 2 is 1.80 bits per heavy atom. The summed E-state index contributed by atoms with van der Waals surface area (Å²) >= 11 is 0. The molecule has 1 aliphatic carbocycles. The van der Waals surface area contributed by atoms with Gasteiger partial charge >= 0.3 is 6.36 Å². The van der Waals surface area contributed by atoms with E-state index in [1.54, 1.807) is 25.2 Å². The van der Waals surface area contributed by atoms with Gasteiger partial charge in [-0.3, -0.25) is 0 Å². The molecule has 0 aliphatic heterocycles. The lowest BCUT2D eigenvalue weighted by Gasteiger charge is -2.35. The second kappa shape index (κ2) is 5.64. The van der Waals surface area contributed by atoms with Crippen molar-refractivity contribution in [3.8, 4) is 5.75 Å². The molecule has 5 heteroatoms. The van der Waals surface area contributed by atoms with Crippen LogP contribution in [-0.2, 0) is 0 Å². The first-order valence-electron chi connectivity index (χ1n) is 6.88. The molecule has 2 rings (SSSR count). The number of ether oxygens (including phenoxy) is 1. The van der Waals surface area contributed by atoms with Crippen LogP contribution in [0.1, 0.15) is 44.2 Å². The number of hydrogen-bond acceptors (Lipinski definition) is 2. The molecule has 1 fully saturated rings. The minimum absolute atomic E-state index is 0.0280. The molecule has 1 aromatic rings. The smallest absolute Gasteiger partial charge is 0.405 e. The molecule has 1 aliphatic rings. The van der Waals surface area contributed by atoms with Gasteiger partial charge in [0.1, 0.15) is 5.75 Å². The molecule has 0 aromatic heterocycles. The van der Waals surface area contributed by atoms with E-state index in [2.05, 4.69) is 17.0 Å². The third-order valence-corrected chi connectivity index (χ3v) is 4.19. The highest BCUT2D eigenvalue weighted by molar-refractivity contribution is 5.37. The monoisotopic (exact) mass is 287 g/mol. The van der Waals surface area contributed by atoms with Crippen LogP contribution in [0.3, 0.4) is 0 Å². The van der Waals surface area contributed by atoms with Crippen LogP contribution in [0.2, 0.25) is 0 Å². The van der Waals surface area contributed by atoms with Gasteiger partial charge in [-0.2, -0.15) is 0 Å². The second-order valence-electron chi connectivity index (χ2n) is 5.67. The van der Waals surface area contributed by atoms with E-state index < -0.39 is 6.36 Å². The normalized spacial score (nSPS) is 19.9. The lowest BCUT2D eigenvalue weighted by atomic mass is 9.77. The van der Waals surface area contributed by atoms with E-state index in [1.165, 1.54) is 6.07 Å². The molecule has 0 bridgehead atoms. The van der Waals surface area contributed by atoms with Gasteiger partial charge in [0.25, 0.3) is 0 Å². The summed E-state index contributed by atoms with van der Waals surface area (Å²) in [4.78, 5) is 0. The van der Waals surface area contributed by atoms with Crippen molar-refractivity contribution in [2.45, 2.75) is 45.0 Å². The Morgan fingerprint density at radius 1 is 1.20 bits per heavy atom. The number of alkyl halides is 3. The predicted molar refractivity (Wildman–Crippen MR) is 71.5 cm³/mol. The van der Waals surface area contributed by atoms with Crippen molar-refractivity contribution in [2.75, 3.05) is 7.05 Å². The number of nitrogens with one attached hydrogen (secondary N) is 1. The van der Waals surface area contributed by atoms with Crippen molar-refractivity contribution < 1.29 is 17.9 Å². The fourth-order valence-electron chi connectivity index (χ4n) is 3.29. The maximum absolute atomic E-state index is 12.5. The fraction of sp³-hybridized carbons (Fsp3) is 0.600.